The molecule has 16 heavy (non-hydrogen) atoms. The van der Waals surface area contributed by atoms with E-state index >= 15 is 0 Å². The molecule has 0 unspecified atom stereocenters. The van der Waals surface area contributed by atoms with E-state index in [4.69, 9.17) is 0 Å². The van der Waals surface area contributed by atoms with E-state index in [-0.39, 0.29) is 0 Å². The zero-order valence-electron chi connectivity index (χ0n) is 9.01. The van der Waals surface area contributed by atoms with E-state index in [0.717, 1.165) is 28.8 Å². The number of aromatic nitrogens is 4. The lowest BCUT2D eigenvalue weighted by atomic mass is 10.3. The lowest BCUT2D eigenvalue weighted by Gasteiger charge is -2.02. The van der Waals surface area contributed by atoms with Gasteiger partial charge in [-0.1, -0.05) is 6.92 Å². The minimum atomic E-state index is 0.894. The molecule has 1 N–H and O–H groups in total. The number of aryl methyl sites for hydroxylation is 1. The van der Waals surface area contributed by atoms with Crippen molar-refractivity contribution in [3.05, 3.63) is 42.5 Å². The Hall–Kier alpha value is -2.10. The summed E-state index contributed by atoms with van der Waals surface area (Å²) in [4.78, 5) is 7.36. The minimum absolute atomic E-state index is 0.894. The van der Waals surface area contributed by atoms with Crippen LogP contribution in [-0.2, 0) is 6.42 Å². The van der Waals surface area contributed by atoms with Crippen LogP contribution in [0.2, 0.25) is 0 Å². The SMILES string of the molecule is CCc1ccn(-c2ccnc3[nH]ccc23)n1. The molecule has 0 aliphatic heterocycles. The monoisotopic (exact) mass is 212 g/mol. The largest absolute Gasteiger partial charge is 0.346 e. The Labute approximate surface area is 92.9 Å². The molecule has 4 nitrogen and oxygen atoms in total. The standard InChI is InChI=1S/C12H12N4/c1-2-9-5-8-16(15-9)11-4-7-14-12-10(11)3-6-13-12/h3-8H,2H2,1H3,(H,13,14). The van der Waals surface area contributed by atoms with Gasteiger partial charge in [0.15, 0.2) is 0 Å². The second kappa shape index (κ2) is 3.48. The van der Waals surface area contributed by atoms with Gasteiger partial charge in [-0.3, -0.25) is 0 Å². The minimum Gasteiger partial charge on any atom is -0.346 e. The highest BCUT2D eigenvalue weighted by atomic mass is 15.3. The average molecular weight is 212 g/mol. The molecule has 3 aromatic rings. The van der Waals surface area contributed by atoms with Crippen LogP contribution in [0.3, 0.4) is 0 Å². The van der Waals surface area contributed by atoms with Crippen LogP contribution in [0.15, 0.2) is 36.8 Å². The van der Waals surface area contributed by atoms with Crippen molar-refractivity contribution in [3.63, 3.8) is 0 Å². The molecule has 0 bridgehead atoms. The lowest BCUT2D eigenvalue weighted by Crippen LogP contribution is -1.96. The third-order valence-corrected chi connectivity index (χ3v) is 2.69. The topological polar surface area (TPSA) is 46.5 Å². The Morgan fingerprint density at radius 1 is 1.31 bits per heavy atom. The molecule has 3 heterocycles. The van der Waals surface area contributed by atoms with Crippen LogP contribution in [-0.4, -0.2) is 19.7 Å². The number of hydrogen-bond acceptors (Lipinski definition) is 2. The number of nitrogens with zero attached hydrogens (tertiary/aromatic N) is 3. The maximum Gasteiger partial charge on any atom is 0.139 e. The van der Waals surface area contributed by atoms with Gasteiger partial charge in [0.2, 0.25) is 0 Å². The normalized spacial score (nSPS) is 11.1. The van der Waals surface area contributed by atoms with Crippen LogP contribution < -0.4 is 0 Å². The summed E-state index contributed by atoms with van der Waals surface area (Å²) in [6, 6.07) is 6.03. The highest BCUT2D eigenvalue weighted by molar-refractivity contribution is 5.84. The molecule has 0 spiro atoms. The molecule has 0 fully saturated rings. The van der Waals surface area contributed by atoms with Gasteiger partial charge in [-0.05, 0) is 24.6 Å². The highest BCUT2D eigenvalue weighted by Gasteiger charge is 2.05. The van der Waals surface area contributed by atoms with E-state index < -0.39 is 0 Å². The Kier molecular flexibility index (Phi) is 1.99. The van der Waals surface area contributed by atoms with Gasteiger partial charge < -0.3 is 4.98 Å². The van der Waals surface area contributed by atoms with Crippen LogP contribution in [0.1, 0.15) is 12.6 Å². The van der Waals surface area contributed by atoms with E-state index in [1.165, 1.54) is 0 Å². The maximum atomic E-state index is 4.50. The van der Waals surface area contributed by atoms with Crippen molar-refractivity contribution >= 4 is 11.0 Å². The van der Waals surface area contributed by atoms with Crippen molar-refractivity contribution in [2.24, 2.45) is 0 Å². The molecule has 0 atom stereocenters. The molecule has 0 radical (unpaired) electrons. The molecule has 0 aliphatic carbocycles. The van der Waals surface area contributed by atoms with E-state index in [9.17, 15) is 0 Å². The molecule has 4 heteroatoms. The van der Waals surface area contributed by atoms with Crippen LogP contribution in [0.5, 0.6) is 0 Å². The molecule has 0 amide bonds. The molecular formula is C12H12N4. The highest BCUT2D eigenvalue weighted by Crippen LogP contribution is 2.18. The predicted molar refractivity (Wildman–Crippen MR) is 62.6 cm³/mol. The van der Waals surface area contributed by atoms with Gasteiger partial charge in [0, 0.05) is 24.0 Å². The number of pyridine rings is 1. The predicted octanol–water partition coefficient (Wildman–Crippen LogP) is 2.31. The summed E-state index contributed by atoms with van der Waals surface area (Å²) in [5, 5.41) is 5.59. The fourth-order valence-electron chi connectivity index (χ4n) is 1.83. The van der Waals surface area contributed by atoms with Crippen molar-refractivity contribution in [2.45, 2.75) is 13.3 Å². The summed E-state index contributed by atoms with van der Waals surface area (Å²) in [5.41, 5.74) is 3.05. The molecule has 0 aliphatic rings. The summed E-state index contributed by atoms with van der Waals surface area (Å²) in [5.74, 6) is 0. The number of rotatable bonds is 2. The summed E-state index contributed by atoms with van der Waals surface area (Å²) >= 11 is 0. The second-order valence-electron chi connectivity index (χ2n) is 3.68. The van der Waals surface area contributed by atoms with Gasteiger partial charge in [-0.15, -0.1) is 0 Å². The van der Waals surface area contributed by atoms with Gasteiger partial charge >= 0.3 is 0 Å². The Morgan fingerprint density at radius 2 is 2.25 bits per heavy atom. The maximum absolute atomic E-state index is 4.50. The molecule has 3 rings (SSSR count). The first kappa shape index (κ1) is 9.15. The van der Waals surface area contributed by atoms with Gasteiger partial charge in [0.25, 0.3) is 0 Å². The van der Waals surface area contributed by atoms with Crippen molar-refractivity contribution in [1.82, 2.24) is 19.7 Å². The molecule has 0 aromatic carbocycles. The van der Waals surface area contributed by atoms with Gasteiger partial charge in [0.1, 0.15) is 5.65 Å². The first-order valence-electron chi connectivity index (χ1n) is 5.35. The second-order valence-corrected chi connectivity index (χ2v) is 3.68. The van der Waals surface area contributed by atoms with E-state index in [2.05, 4.69) is 22.0 Å². The first-order chi connectivity index (χ1) is 7.88. The first-order valence-corrected chi connectivity index (χ1v) is 5.35. The Balaban J connectivity index is 2.21. The van der Waals surface area contributed by atoms with Crippen molar-refractivity contribution in [2.75, 3.05) is 0 Å². The fourth-order valence-corrected chi connectivity index (χ4v) is 1.83. The van der Waals surface area contributed by atoms with Gasteiger partial charge in [-0.2, -0.15) is 5.10 Å². The number of fused-ring (bicyclic) bond motifs is 1. The van der Waals surface area contributed by atoms with Crippen molar-refractivity contribution in [1.29, 1.82) is 0 Å². The summed E-state index contributed by atoms with van der Waals surface area (Å²) in [6.45, 7) is 2.10. The summed E-state index contributed by atoms with van der Waals surface area (Å²) in [6.07, 6.45) is 6.63. The third kappa shape index (κ3) is 1.31. The van der Waals surface area contributed by atoms with E-state index in [1.807, 2.05) is 35.3 Å². The van der Waals surface area contributed by atoms with Crippen molar-refractivity contribution in [3.8, 4) is 5.69 Å². The lowest BCUT2D eigenvalue weighted by molar-refractivity contribution is 0.846. The van der Waals surface area contributed by atoms with Crippen LogP contribution >= 0.6 is 0 Å². The Bertz CT molecular complexity index is 621. The van der Waals surface area contributed by atoms with Gasteiger partial charge in [-0.25, -0.2) is 9.67 Å². The quantitative estimate of drug-likeness (QED) is 0.708. The zero-order chi connectivity index (χ0) is 11.0. The number of hydrogen-bond donors (Lipinski definition) is 1. The summed E-state index contributed by atoms with van der Waals surface area (Å²) < 4.78 is 1.90. The molecule has 3 aromatic heterocycles. The number of nitrogens with one attached hydrogen (secondary N) is 1. The fraction of sp³-hybridized carbons (Fsp3) is 0.167. The number of H-pyrrole nitrogens is 1. The molecule has 80 valence electrons. The zero-order valence-corrected chi connectivity index (χ0v) is 9.01. The average Bonchev–Trinajstić information content (AvgIpc) is 2.97. The van der Waals surface area contributed by atoms with Crippen LogP contribution in [0.4, 0.5) is 0 Å². The van der Waals surface area contributed by atoms with E-state index in [1.54, 1.807) is 6.20 Å². The van der Waals surface area contributed by atoms with Crippen LogP contribution in [0.25, 0.3) is 16.7 Å². The third-order valence-electron chi connectivity index (χ3n) is 2.69. The Morgan fingerprint density at radius 3 is 3.06 bits per heavy atom. The molecular weight excluding hydrogens is 200 g/mol. The molecule has 0 saturated carbocycles. The molecule has 0 saturated heterocycles. The van der Waals surface area contributed by atoms with Crippen molar-refractivity contribution < 1.29 is 0 Å². The van der Waals surface area contributed by atoms with Gasteiger partial charge in [0.05, 0.1) is 11.4 Å². The summed E-state index contributed by atoms with van der Waals surface area (Å²) in [7, 11) is 0. The van der Waals surface area contributed by atoms with Crippen LogP contribution in [0, 0.1) is 0 Å². The van der Waals surface area contributed by atoms with E-state index in [0.29, 0.717) is 0 Å². The number of aromatic amines is 1. The smallest absolute Gasteiger partial charge is 0.139 e.